The molecule has 0 aliphatic rings. The molecule has 0 aliphatic carbocycles. The fourth-order valence-electron chi connectivity index (χ4n) is 1.90. The summed E-state index contributed by atoms with van der Waals surface area (Å²) < 4.78 is 20.3. The Labute approximate surface area is 117 Å². The Morgan fingerprint density at radius 1 is 1.32 bits per heavy atom. The second-order valence-corrected chi connectivity index (χ2v) is 7.89. The second kappa shape index (κ2) is 5.57. The van der Waals surface area contributed by atoms with Crippen molar-refractivity contribution >= 4 is 22.3 Å². The average molecular weight is 279 g/mol. The molecule has 104 valence electrons. The SMILES string of the molecule is CC(Cc1ccc2occc2c1)N[S@+]([O-])C(C)(C)C. The molecule has 1 aromatic heterocycles. The summed E-state index contributed by atoms with van der Waals surface area (Å²) in [6.07, 6.45) is 2.55. The van der Waals surface area contributed by atoms with Crippen molar-refractivity contribution in [1.82, 2.24) is 4.72 Å². The van der Waals surface area contributed by atoms with Crippen LogP contribution in [0, 0.1) is 0 Å². The Morgan fingerprint density at radius 2 is 2.05 bits per heavy atom. The molecule has 2 aromatic rings. The van der Waals surface area contributed by atoms with Crippen LogP contribution in [0.25, 0.3) is 11.0 Å². The number of hydrogen-bond acceptors (Lipinski definition) is 3. The monoisotopic (exact) mass is 279 g/mol. The third-order valence-electron chi connectivity index (χ3n) is 2.92. The first-order valence-electron chi connectivity index (χ1n) is 6.50. The lowest BCUT2D eigenvalue weighted by atomic mass is 10.1. The molecule has 0 fully saturated rings. The normalized spacial score (nSPS) is 15.6. The Hall–Kier alpha value is -0.970. The molecule has 0 amide bonds. The number of furan rings is 1. The van der Waals surface area contributed by atoms with Crippen molar-refractivity contribution in [2.45, 2.75) is 44.9 Å². The highest BCUT2D eigenvalue weighted by Gasteiger charge is 2.27. The lowest BCUT2D eigenvalue weighted by Gasteiger charge is -2.26. The minimum Gasteiger partial charge on any atom is -0.598 e. The van der Waals surface area contributed by atoms with Gasteiger partial charge in [-0.1, -0.05) is 6.07 Å². The van der Waals surface area contributed by atoms with Gasteiger partial charge in [-0.2, -0.15) is 0 Å². The van der Waals surface area contributed by atoms with Crippen molar-refractivity contribution in [2.24, 2.45) is 0 Å². The summed E-state index contributed by atoms with van der Waals surface area (Å²) in [6.45, 7) is 7.98. The first kappa shape index (κ1) is 14.4. The molecule has 4 heteroatoms. The fraction of sp³-hybridized carbons (Fsp3) is 0.467. The van der Waals surface area contributed by atoms with Gasteiger partial charge < -0.3 is 8.97 Å². The zero-order valence-electron chi connectivity index (χ0n) is 11.9. The summed E-state index contributed by atoms with van der Waals surface area (Å²) in [6, 6.07) is 8.30. The third-order valence-corrected chi connectivity index (χ3v) is 4.65. The van der Waals surface area contributed by atoms with Crippen LogP contribution in [0.4, 0.5) is 0 Å². The van der Waals surface area contributed by atoms with Crippen LogP contribution in [0.15, 0.2) is 34.9 Å². The number of nitrogens with one attached hydrogen (secondary N) is 1. The summed E-state index contributed by atoms with van der Waals surface area (Å²) >= 11 is -1.03. The molecule has 0 saturated carbocycles. The minimum atomic E-state index is -1.03. The molecule has 1 heterocycles. The summed E-state index contributed by atoms with van der Waals surface area (Å²) in [5.74, 6) is 0. The van der Waals surface area contributed by atoms with E-state index >= 15 is 0 Å². The molecule has 3 nitrogen and oxygen atoms in total. The maximum absolute atomic E-state index is 12.0. The first-order chi connectivity index (χ1) is 8.86. The van der Waals surface area contributed by atoms with E-state index in [0.29, 0.717) is 0 Å². The maximum Gasteiger partial charge on any atom is 0.136 e. The standard InChI is InChI=1S/C15H21NO2S/c1-11(16-19(17)15(2,3)4)9-12-5-6-14-13(10-12)7-8-18-14/h5-8,10-11,16H,9H2,1-4H3/t11?,19-/m1/s1. The van der Waals surface area contributed by atoms with E-state index in [1.165, 1.54) is 5.56 Å². The van der Waals surface area contributed by atoms with Crippen molar-refractivity contribution in [3.63, 3.8) is 0 Å². The van der Waals surface area contributed by atoms with Crippen LogP contribution in [0.1, 0.15) is 33.3 Å². The Kier molecular flexibility index (Phi) is 4.23. The van der Waals surface area contributed by atoms with Gasteiger partial charge in [0, 0.05) is 16.7 Å². The van der Waals surface area contributed by atoms with Crippen molar-refractivity contribution in [3.8, 4) is 0 Å². The molecule has 0 spiro atoms. The summed E-state index contributed by atoms with van der Waals surface area (Å²) in [5.41, 5.74) is 2.13. The third kappa shape index (κ3) is 3.75. The quantitative estimate of drug-likeness (QED) is 0.872. The molecule has 1 aromatic carbocycles. The van der Waals surface area contributed by atoms with Gasteiger partial charge in [0.15, 0.2) is 0 Å². The largest absolute Gasteiger partial charge is 0.598 e. The van der Waals surface area contributed by atoms with E-state index in [2.05, 4.69) is 23.8 Å². The van der Waals surface area contributed by atoms with Crippen LogP contribution in [-0.4, -0.2) is 15.3 Å². The summed E-state index contributed by atoms with van der Waals surface area (Å²) in [7, 11) is 0. The lowest BCUT2D eigenvalue weighted by molar-refractivity contribution is 0.526. The first-order valence-corrected chi connectivity index (χ1v) is 7.65. The van der Waals surface area contributed by atoms with Crippen molar-refractivity contribution in [1.29, 1.82) is 0 Å². The Morgan fingerprint density at radius 3 is 2.74 bits per heavy atom. The molecule has 0 radical (unpaired) electrons. The summed E-state index contributed by atoms with van der Waals surface area (Å²) in [4.78, 5) is 0. The van der Waals surface area contributed by atoms with Crippen LogP contribution in [0.5, 0.6) is 0 Å². The van der Waals surface area contributed by atoms with Gasteiger partial charge in [0.1, 0.15) is 10.3 Å². The molecule has 1 unspecified atom stereocenters. The van der Waals surface area contributed by atoms with Crippen LogP contribution >= 0.6 is 0 Å². The zero-order valence-corrected chi connectivity index (χ0v) is 12.7. The molecular weight excluding hydrogens is 258 g/mol. The highest BCUT2D eigenvalue weighted by Crippen LogP contribution is 2.19. The van der Waals surface area contributed by atoms with Crippen LogP contribution in [0.2, 0.25) is 0 Å². The van der Waals surface area contributed by atoms with Gasteiger partial charge in [-0.3, -0.25) is 0 Å². The van der Waals surface area contributed by atoms with Gasteiger partial charge in [-0.25, -0.2) is 0 Å². The van der Waals surface area contributed by atoms with Crippen LogP contribution < -0.4 is 4.72 Å². The van der Waals surface area contributed by atoms with Crippen molar-refractivity contribution < 1.29 is 8.97 Å². The second-order valence-electron chi connectivity index (χ2n) is 5.90. The molecule has 19 heavy (non-hydrogen) atoms. The number of hydrogen-bond donors (Lipinski definition) is 1. The maximum atomic E-state index is 12.0. The van der Waals surface area contributed by atoms with Gasteiger partial charge >= 0.3 is 0 Å². The van der Waals surface area contributed by atoms with Crippen molar-refractivity contribution in [2.75, 3.05) is 0 Å². The topological polar surface area (TPSA) is 48.2 Å². The van der Waals surface area contributed by atoms with E-state index in [0.717, 1.165) is 17.4 Å². The zero-order chi connectivity index (χ0) is 14.0. The molecule has 2 atom stereocenters. The molecule has 2 rings (SSSR count). The average Bonchev–Trinajstić information content (AvgIpc) is 2.74. The van der Waals surface area contributed by atoms with Gasteiger partial charge in [-0.05, 0) is 57.9 Å². The molecule has 0 aliphatic heterocycles. The molecule has 0 bridgehead atoms. The van der Waals surface area contributed by atoms with Gasteiger partial charge in [0.05, 0.1) is 12.3 Å². The predicted octanol–water partition coefficient (Wildman–Crippen LogP) is 3.42. The van der Waals surface area contributed by atoms with E-state index < -0.39 is 11.4 Å². The smallest absolute Gasteiger partial charge is 0.136 e. The highest BCUT2D eigenvalue weighted by atomic mass is 32.2. The van der Waals surface area contributed by atoms with Crippen LogP contribution in [-0.2, 0) is 17.8 Å². The highest BCUT2D eigenvalue weighted by molar-refractivity contribution is 7.90. The van der Waals surface area contributed by atoms with Gasteiger partial charge in [-0.15, -0.1) is 4.72 Å². The predicted molar refractivity (Wildman–Crippen MR) is 80.4 cm³/mol. The van der Waals surface area contributed by atoms with E-state index in [9.17, 15) is 4.55 Å². The molecule has 1 N–H and O–H groups in total. The van der Waals surface area contributed by atoms with E-state index in [1.54, 1.807) is 6.26 Å². The van der Waals surface area contributed by atoms with E-state index in [1.807, 2.05) is 32.9 Å². The Balaban J connectivity index is 2.00. The van der Waals surface area contributed by atoms with Gasteiger partial charge in [0.25, 0.3) is 0 Å². The number of fused-ring (bicyclic) bond motifs is 1. The van der Waals surface area contributed by atoms with E-state index in [-0.39, 0.29) is 10.8 Å². The number of rotatable bonds is 4. The van der Waals surface area contributed by atoms with E-state index in [4.69, 9.17) is 4.42 Å². The fourth-order valence-corrected chi connectivity index (χ4v) is 2.70. The summed E-state index contributed by atoms with van der Waals surface area (Å²) in [5, 5.41) is 1.11. The van der Waals surface area contributed by atoms with Crippen LogP contribution in [0.3, 0.4) is 0 Å². The van der Waals surface area contributed by atoms with Gasteiger partial charge in [0.2, 0.25) is 0 Å². The lowest BCUT2D eigenvalue weighted by Crippen LogP contribution is -2.44. The number of benzene rings is 1. The molecular formula is C15H21NO2S. The van der Waals surface area contributed by atoms with Crippen molar-refractivity contribution in [3.05, 3.63) is 36.1 Å². The minimum absolute atomic E-state index is 0.171. The molecule has 0 saturated heterocycles. The Bertz CT molecular complexity index is 544.